The summed E-state index contributed by atoms with van der Waals surface area (Å²) in [6.45, 7) is 0. The standard InChI is InChI=1S/C13H11N3O3/c17-12-4-1-8-7-9(2-3-10(8)16-12)15-13(18)11-5-6-14-19-11/h2-3,5-7H,1,4H2,(H,15,18)(H,16,17). The van der Waals surface area contributed by atoms with Gasteiger partial charge in [-0.25, -0.2) is 0 Å². The van der Waals surface area contributed by atoms with Crippen LogP contribution in [0.2, 0.25) is 0 Å². The maximum absolute atomic E-state index is 11.8. The van der Waals surface area contributed by atoms with Crippen LogP contribution in [0.3, 0.4) is 0 Å². The Kier molecular flexibility index (Phi) is 2.75. The lowest BCUT2D eigenvalue weighted by molar-refractivity contribution is -0.116. The van der Waals surface area contributed by atoms with Crippen LogP contribution in [0, 0.1) is 0 Å². The van der Waals surface area contributed by atoms with Gasteiger partial charge in [-0.05, 0) is 30.2 Å². The molecule has 2 aromatic rings. The van der Waals surface area contributed by atoms with Gasteiger partial charge in [0.05, 0.1) is 6.20 Å². The van der Waals surface area contributed by atoms with Crippen molar-refractivity contribution in [3.8, 4) is 0 Å². The molecular weight excluding hydrogens is 246 g/mol. The lowest BCUT2D eigenvalue weighted by Gasteiger charge is -2.17. The Morgan fingerprint density at radius 3 is 3.00 bits per heavy atom. The Labute approximate surface area is 108 Å². The van der Waals surface area contributed by atoms with Crippen LogP contribution in [0.25, 0.3) is 0 Å². The monoisotopic (exact) mass is 257 g/mol. The number of amides is 2. The predicted octanol–water partition coefficient (Wildman–Crippen LogP) is 1.81. The van der Waals surface area contributed by atoms with E-state index in [-0.39, 0.29) is 17.6 Å². The van der Waals surface area contributed by atoms with Crippen LogP contribution in [-0.2, 0) is 11.2 Å². The Hall–Kier alpha value is -2.63. The Balaban J connectivity index is 1.79. The third-order valence-corrected chi connectivity index (χ3v) is 2.92. The first-order valence-corrected chi connectivity index (χ1v) is 5.87. The van der Waals surface area contributed by atoms with Crippen molar-refractivity contribution < 1.29 is 14.1 Å². The number of rotatable bonds is 2. The maximum atomic E-state index is 11.8. The average molecular weight is 257 g/mol. The van der Waals surface area contributed by atoms with Crippen molar-refractivity contribution >= 4 is 23.2 Å². The molecule has 6 nitrogen and oxygen atoms in total. The van der Waals surface area contributed by atoms with Gasteiger partial charge in [-0.3, -0.25) is 9.59 Å². The molecule has 1 aromatic carbocycles. The molecule has 6 heteroatoms. The molecule has 1 aromatic heterocycles. The van der Waals surface area contributed by atoms with E-state index in [4.69, 9.17) is 4.52 Å². The van der Waals surface area contributed by atoms with E-state index < -0.39 is 0 Å². The van der Waals surface area contributed by atoms with Crippen molar-refractivity contribution in [2.45, 2.75) is 12.8 Å². The summed E-state index contributed by atoms with van der Waals surface area (Å²) in [6.07, 6.45) is 2.55. The van der Waals surface area contributed by atoms with Crippen molar-refractivity contribution in [2.24, 2.45) is 0 Å². The fourth-order valence-corrected chi connectivity index (χ4v) is 1.99. The van der Waals surface area contributed by atoms with E-state index in [1.54, 1.807) is 12.1 Å². The first-order valence-electron chi connectivity index (χ1n) is 5.87. The van der Waals surface area contributed by atoms with Crippen LogP contribution in [0.1, 0.15) is 22.5 Å². The van der Waals surface area contributed by atoms with E-state index >= 15 is 0 Å². The topological polar surface area (TPSA) is 84.2 Å². The third-order valence-electron chi connectivity index (χ3n) is 2.92. The van der Waals surface area contributed by atoms with E-state index in [9.17, 15) is 9.59 Å². The zero-order valence-electron chi connectivity index (χ0n) is 9.97. The van der Waals surface area contributed by atoms with E-state index in [2.05, 4.69) is 15.8 Å². The second-order valence-corrected chi connectivity index (χ2v) is 4.25. The summed E-state index contributed by atoms with van der Waals surface area (Å²) in [5, 5.41) is 8.99. The summed E-state index contributed by atoms with van der Waals surface area (Å²) in [5.41, 5.74) is 2.47. The van der Waals surface area contributed by atoms with Crippen molar-refractivity contribution in [3.05, 3.63) is 41.8 Å². The maximum Gasteiger partial charge on any atom is 0.294 e. The van der Waals surface area contributed by atoms with E-state index in [0.717, 1.165) is 11.3 Å². The van der Waals surface area contributed by atoms with Crippen molar-refractivity contribution in [2.75, 3.05) is 10.6 Å². The summed E-state index contributed by atoms with van der Waals surface area (Å²) in [4.78, 5) is 23.0. The van der Waals surface area contributed by atoms with Gasteiger partial charge in [0.1, 0.15) is 0 Å². The number of nitrogens with one attached hydrogen (secondary N) is 2. The number of hydrogen-bond acceptors (Lipinski definition) is 4. The molecule has 0 radical (unpaired) electrons. The fourth-order valence-electron chi connectivity index (χ4n) is 1.99. The van der Waals surface area contributed by atoms with Crippen LogP contribution in [0.4, 0.5) is 11.4 Å². The van der Waals surface area contributed by atoms with Gasteiger partial charge in [0, 0.05) is 23.9 Å². The molecule has 2 N–H and O–H groups in total. The molecule has 0 spiro atoms. The van der Waals surface area contributed by atoms with E-state index in [1.807, 2.05) is 6.07 Å². The zero-order valence-corrected chi connectivity index (χ0v) is 9.97. The largest absolute Gasteiger partial charge is 0.351 e. The van der Waals surface area contributed by atoms with E-state index in [0.29, 0.717) is 18.5 Å². The number of anilines is 2. The summed E-state index contributed by atoms with van der Waals surface area (Å²) in [5.74, 6) is -0.172. The van der Waals surface area contributed by atoms with Crippen LogP contribution in [0.5, 0.6) is 0 Å². The number of aromatic nitrogens is 1. The normalized spacial score (nSPS) is 13.6. The molecule has 0 bridgehead atoms. The average Bonchev–Trinajstić information content (AvgIpc) is 2.93. The Morgan fingerprint density at radius 2 is 2.21 bits per heavy atom. The minimum Gasteiger partial charge on any atom is -0.351 e. The molecule has 1 aliphatic rings. The van der Waals surface area contributed by atoms with Crippen molar-refractivity contribution in [3.63, 3.8) is 0 Å². The van der Waals surface area contributed by atoms with Gasteiger partial charge in [-0.1, -0.05) is 5.16 Å². The molecule has 0 aliphatic carbocycles. The highest BCUT2D eigenvalue weighted by Gasteiger charge is 2.16. The lowest BCUT2D eigenvalue weighted by Crippen LogP contribution is -2.19. The summed E-state index contributed by atoms with van der Waals surface area (Å²) in [6, 6.07) is 6.86. The first kappa shape index (κ1) is 11.5. The number of carbonyl (C=O) groups excluding carboxylic acids is 2. The number of carbonyl (C=O) groups is 2. The molecule has 0 unspecified atom stereocenters. The van der Waals surface area contributed by atoms with Gasteiger partial charge < -0.3 is 15.2 Å². The predicted molar refractivity (Wildman–Crippen MR) is 67.8 cm³/mol. The molecule has 0 atom stereocenters. The number of aryl methyl sites for hydroxylation is 1. The SMILES string of the molecule is O=C1CCc2cc(NC(=O)c3ccno3)ccc2N1. The fraction of sp³-hybridized carbons (Fsp3) is 0.154. The van der Waals surface area contributed by atoms with Crippen LogP contribution >= 0.6 is 0 Å². The van der Waals surface area contributed by atoms with Crippen molar-refractivity contribution in [1.29, 1.82) is 0 Å². The van der Waals surface area contributed by atoms with Gasteiger partial charge in [-0.15, -0.1) is 0 Å². The Bertz CT molecular complexity index is 635. The summed E-state index contributed by atoms with van der Waals surface area (Å²) < 4.78 is 4.78. The molecule has 3 rings (SSSR count). The quantitative estimate of drug-likeness (QED) is 0.859. The molecule has 0 fully saturated rings. The van der Waals surface area contributed by atoms with Crippen LogP contribution in [-0.4, -0.2) is 17.0 Å². The minimum atomic E-state index is -0.350. The number of nitrogens with zero attached hydrogens (tertiary/aromatic N) is 1. The molecule has 2 amide bonds. The molecule has 0 saturated carbocycles. The molecule has 19 heavy (non-hydrogen) atoms. The van der Waals surface area contributed by atoms with Gasteiger partial charge in [0.25, 0.3) is 5.91 Å². The van der Waals surface area contributed by atoms with Gasteiger partial charge in [0.2, 0.25) is 11.7 Å². The minimum absolute atomic E-state index is 0.0194. The molecule has 96 valence electrons. The highest BCUT2D eigenvalue weighted by molar-refractivity contribution is 6.02. The molecule has 2 heterocycles. The molecule has 0 saturated heterocycles. The van der Waals surface area contributed by atoms with Crippen LogP contribution in [0.15, 0.2) is 35.0 Å². The lowest BCUT2D eigenvalue weighted by atomic mass is 10.0. The summed E-state index contributed by atoms with van der Waals surface area (Å²) in [7, 11) is 0. The highest BCUT2D eigenvalue weighted by atomic mass is 16.5. The van der Waals surface area contributed by atoms with E-state index in [1.165, 1.54) is 12.3 Å². The third kappa shape index (κ3) is 2.33. The van der Waals surface area contributed by atoms with Gasteiger partial charge in [0.15, 0.2) is 0 Å². The molecule has 1 aliphatic heterocycles. The molecular formula is C13H11N3O3. The number of fused-ring (bicyclic) bond motifs is 1. The first-order chi connectivity index (χ1) is 9.22. The number of benzene rings is 1. The van der Waals surface area contributed by atoms with Gasteiger partial charge >= 0.3 is 0 Å². The Morgan fingerprint density at radius 1 is 1.32 bits per heavy atom. The van der Waals surface area contributed by atoms with Crippen LogP contribution < -0.4 is 10.6 Å². The van der Waals surface area contributed by atoms with Gasteiger partial charge in [-0.2, -0.15) is 0 Å². The number of hydrogen-bond donors (Lipinski definition) is 2. The summed E-state index contributed by atoms with van der Waals surface area (Å²) >= 11 is 0. The highest BCUT2D eigenvalue weighted by Crippen LogP contribution is 2.25. The second-order valence-electron chi connectivity index (χ2n) is 4.25. The second kappa shape index (κ2) is 4.56. The van der Waals surface area contributed by atoms with Crippen molar-refractivity contribution in [1.82, 2.24) is 5.16 Å². The zero-order chi connectivity index (χ0) is 13.2. The smallest absolute Gasteiger partial charge is 0.294 e.